The Hall–Kier alpha value is -3.35. The summed E-state index contributed by atoms with van der Waals surface area (Å²) in [4.78, 5) is 40.5. The summed E-state index contributed by atoms with van der Waals surface area (Å²) < 4.78 is 0. The molecule has 0 unspecified atom stereocenters. The van der Waals surface area contributed by atoms with Gasteiger partial charge in [-0.05, 0) is 60.4 Å². The summed E-state index contributed by atoms with van der Waals surface area (Å²) in [5.41, 5.74) is 5.05. The molecule has 0 aromatic heterocycles. The number of aryl methyl sites for hydroxylation is 1. The summed E-state index contributed by atoms with van der Waals surface area (Å²) in [7, 11) is 3.86. The molecule has 0 radical (unpaired) electrons. The topological polar surface area (TPSA) is 81.8 Å². The second-order valence-electron chi connectivity index (χ2n) is 7.32. The number of carbonyl (C=O) groups excluding carboxylic acids is 3. The monoisotopic (exact) mass is 378 g/mol. The first kappa shape index (κ1) is 18.0. The zero-order valence-electron chi connectivity index (χ0n) is 15.9. The van der Waals surface area contributed by atoms with Gasteiger partial charge in [0.05, 0.1) is 12.1 Å². The summed E-state index contributed by atoms with van der Waals surface area (Å²) in [6.07, 6.45) is 2.11. The van der Waals surface area contributed by atoms with E-state index in [0.717, 1.165) is 41.9 Å². The molecule has 0 aliphatic carbocycles. The first-order valence-electron chi connectivity index (χ1n) is 9.28. The summed E-state index contributed by atoms with van der Waals surface area (Å²) in [5, 5.41) is 5.26. The third-order valence-electron chi connectivity index (χ3n) is 5.11. The van der Waals surface area contributed by atoms with Gasteiger partial charge in [-0.15, -0.1) is 0 Å². The molecule has 2 aromatic rings. The molecule has 0 spiro atoms. The van der Waals surface area contributed by atoms with Crippen LogP contribution in [0.5, 0.6) is 0 Å². The van der Waals surface area contributed by atoms with E-state index in [1.54, 1.807) is 18.2 Å². The first-order chi connectivity index (χ1) is 13.4. The molecule has 4 rings (SSSR count). The van der Waals surface area contributed by atoms with E-state index in [9.17, 15) is 14.4 Å². The normalized spacial score (nSPS) is 14.5. The molecular formula is C21H22N4O3. The van der Waals surface area contributed by atoms with Gasteiger partial charge in [-0.3, -0.25) is 14.4 Å². The van der Waals surface area contributed by atoms with E-state index < -0.39 is 11.8 Å². The largest absolute Gasteiger partial charge is 0.378 e. The van der Waals surface area contributed by atoms with E-state index in [-0.39, 0.29) is 5.91 Å². The van der Waals surface area contributed by atoms with Gasteiger partial charge in [0, 0.05) is 37.7 Å². The number of nitrogens with one attached hydrogen (secondary N) is 2. The highest BCUT2D eigenvalue weighted by Gasteiger charge is 2.32. The molecule has 7 nitrogen and oxygen atoms in total. The van der Waals surface area contributed by atoms with Gasteiger partial charge in [0.2, 0.25) is 5.91 Å². The van der Waals surface area contributed by atoms with Crippen molar-refractivity contribution in [1.82, 2.24) is 0 Å². The van der Waals surface area contributed by atoms with Crippen LogP contribution in [-0.4, -0.2) is 38.4 Å². The lowest BCUT2D eigenvalue weighted by atomic mass is 9.99. The van der Waals surface area contributed by atoms with Gasteiger partial charge < -0.3 is 20.4 Å². The molecule has 2 N–H and O–H groups in total. The van der Waals surface area contributed by atoms with Crippen LogP contribution in [0.25, 0.3) is 0 Å². The van der Waals surface area contributed by atoms with Crippen molar-refractivity contribution < 1.29 is 14.4 Å². The Morgan fingerprint density at radius 1 is 0.964 bits per heavy atom. The number of hydrogen-bond acceptors (Lipinski definition) is 4. The second kappa shape index (κ2) is 6.99. The van der Waals surface area contributed by atoms with Crippen molar-refractivity contribution in [1.29, 1.82) is 0 Å². The molecule has 2 heterocycles. The van der Waals surface area contributed by atoms with Gasteiger partial charge in [-0.2, -0.15) is 0 Å². The molecule has 0 atom stereocenters. The standard InChI is InChI=1S/C21H22N4O3/c1-24(2)17-7-5-15(6-8-17)22-20(27)21(28)23-16-10-13-4-3-9-25-18(26)12-14(11-16)19(13)25/h5-8,10-11H,3-4,9,12H2,1-2H3,(H,22,27)(H,23,28). The molecule has 144 valence electrons. The Balaban J connectivity index is 1.46. The maximum Gasteiger partial charge on any atom is 0.314 e. The van der Waals surface area contributed by atoms with E-state index >= 15 is 0 Å². The average molecular weight is 378 g/mol. The van der Waals surface area contributed by atoms with Crippen molar-refractivity contribution in [2.45, 2.75) is 19.3 Å². The number of benzene rings is 2. The van der Waals surface area contributed by atoms with Crippen molar-refractivity contribution in [2.24, 2.45) is 0 Å². The lowest BCUT2D eigenvalue weighted by Crippen LogP contribution is -2.31. The molecule has 2 aliphatic rings. The third-order valence-corrected chi connectivity index (χ3v) is 5.11. The van der Waals surface area contributed by atoms with Crippen molar-refractivity contribution in [2.75, 3.05) is 41.1 Å². The van der Waals surface area contributed by atoms with Crippen LogP contribution in [0.2, 0.25) is 0 Å². The maximum atomic E-state index is 12.3. The lowest BCUT2D eigenvalue weighted by Gasteiger charge is -2.26. The van der Waals surface area contributed by atoms with Crippen LogP contribution in [0.1, 0.15) is 17.5 Å². The van der Waals surface area contributed by atoms with Crippen LogP contribution in [0, 0.1) is 0 Å². The van der Waals surface area contributed by atoms with Crippen LogP contribution in [-0.2, 0) is 27.2 Å². The fourth-order valence-electron chi connectivity index (χ4n) is 3.77. The molecule has 2 aliphatic heterocycles. The molecule has 7 heteroatoms. The third kappa shape index (κ3) is 3.31. The number of rotatable bonds is 3. The van der Waals surface area contributed by atoms with Gasteiger partial charge >= 0.3 is 11.8 Å². The number of nitrogens with zero attached hydrogens (tertiary/aromatic N) is 2. The Bertz CT molecular complexity index is 966. The first-order valence-corrected chi connectivity index (χ1v) is 9.28. The molecule has 0 saturated heterocycles. The molecular weight excluding hydrogens is 356 g/mol. The number of anilines is 4. The van der Waals surface area contributed by atoms with E-state index in [4.69, 9.17) is 0 Å². The van der Waals surface area contributed by atoms with Crippen LogP contribution < -0.4 is 20.4 Å². The minimum absolute atomic E-state index is 0.0957. The second-order valence-corrected chi connectivity index (χ2v) is 7.32. The number of amides is 3. The molecule has 2 aromatic carbocycles. The fraction of sp³-hybridized carbons (Fsp3) is 0.286. The van der Waals surface area contributed by atoms with Crippen LogP contribution in [0.4, 0.5) is 22.7 Å². The Morgan fingerprint density at radius 3 is 2.29 bits per heavy atom. The Labute approximate surface area is 163 Å². The smallest absolute Gasteiger partial charge is 0.314 e. The van der Waals surface area contributed by atoms with Gasteiger partial charge in [0.25, 0.3) is 0 Å². The molecule has 28 heavy (non-hydrogen) atoms. The summed E-state index contributed by atoms with van der Waals surface area (Å²) in [5.74, 6) is -1.37. The summed E-state index contributed by atoms with van der Waals surface area (Å²) >= 11 is 0. The van der Waals surface area contributed by atoms with E-state index in [0.29, 0.717) is 17.8 Å². The van der Waals surface area contributed by atoms with Crippen LogP contribution in [0.15, 0.2) is 36.4 Å². The molecule has 0 fully saturated rings. The predicted molar refractivity (Wildman–Crippen MR) is 109 cm³/mol. The zero-order chi connectivity index (χ0) is 19.8. The predicted octanol–water partition coefficient (Wildman–Crippen LogP) is 2.17. The minimum atomic E-state index is -0.735. The van der Waals surface area contributed by atoms with Crippen molar-refractivity contribution in [3.63, 3.8) is 0 Å². The number of hydrogen-bond donors (Lipinski definition) is 2. The van der Waals surface area contributed by atoms with Crippen LogP contribution in [0.3, 0.4) is 0 Å². The Morgan fingerprint density at radius 2 is 1.61 bits per heavy atom. The Kier molecular flexibility index (Phi) is 4.50. The highest BCUT2D eigenvalue weighted by atomic mass is 16.2. The van der Waals surface area contributed by atoms with Crippen LogP contribution >= 0.6 is 0 Å². The highest BCUT2D eigenvalue weighted by Crippen LogP contribution is 2.38. The van der Waals surface area contributed by atoms with Gasteiger partial charge in [0.15, 0.2) is 0 Å². The van der Waals surface area contributed by atoms with Gasteiger partial charge in [-0.1, -0.05) is 0 Å². The average Bonchev–Trinajstić information content (AvgIpc) is 2.99. The van der Waals surface area contributed by atoms with E-state index in [1.807, 2.05) is 42.1 Å². The maximum absolute atomic E-state index is 12.3. The van der Waals surface area contributed by atoms with E-state index in [1.165, 1.54) is 0 Å². The summed E-state index contributed by atoms with van der Waals surface area (Å²) in [6.45, 7) is 0.750. The number of carbonyl (C=O) groups is 3. The van der Waals surface area contributed by atoms with Gasteiger partial charge in [0.1, 0.15) is 0 Å². The molecule has 0 saturated carbocycles. The van der Waals surface area contributed by atoms with Crippen molar-refractivity contribution in [3.8, 4) is 0 Å². The fourth-order valence-corrected chi connectivity index (χ4v) is 3.77. The van der Waals surface area contributed by atoms with Gasteiger partial charge in [-0.25, -0.2) is 0 Å². The minimum Gasteiger partial charge on any atom is -0.378 e. The van der Waals surface area contributed by atoms with Crippen molar-refractivity contribution in [3.05, 3.63) is 47.5 Å². The SMILES string of the molecule is CN(C)c1ccc(NC(=O)C(=O)Nc2cc3c4c(c2)CC(=O)N4CCC3)cc1. The van der Waals surface area contributed by atoms with E-state index in [2.05, 4.69) is 10.6 Å². The highest BCUT2D eigenvalue weighted by molar-refractivity contribution is 6.43. The van der Waals surface area contributed by atoms with Crippen molar-refractivity contribution >= 4 is 40.5 Å². The quantitative estimate of drug-likeness (QED) is 0.802. The zero-order valence-corrected chi connectivity index (χ0v) is 15.9. The lowest BCUT2D eigenvalue weighted by molar-refractivity contribution is -0.132. The summed E-state index contributed by atoms with van der Waals surface area (Å²) in [6, 6.07) is 10.9. The molecule has 0 bridgehead atoms. The molecule has 3 amide bonds.